The summed E-state index contributed by atoms with van der Waals surface area (Å²) in [7, 11) is 0. The Hall–Kier alpha value is -1.06. The van der Waals surface area contributed by atoms with Crippen LogP contribution in [-0.4, -0.2) is 21.5 Å². The van der Waals surface area contributed by atoms with Gasteiger partial charge in [0.05, 0.1) is 12.7 Å². The fourth-order valence-corrected chi connectivity index (χ4v) is 0.850. The molecular formula is C4H6N4. The summed E-state index contributed by atoms with van der Waals surface area (Å²) in [4.78, 5) is 0. The number of aromatic nitrogens is 3. The summed E-state index contributed by atoms with van der Waals surface area (Å²) >= 11 is 0. The normalized spacial score (nSPS) is 15.5. The van der Waals surface area contributed by atoms with E-state index in [4.69, 9.17) is 0 Å². The molecular weight excluding hydrogens is 104 g/mol. The molecule has 0 amide bonds. The van der Waals surface area contributed by atoms with Crippen LogP contribution in [0.25, 0.3) is 0 Å². The lowest BCUT2D eigenvalue weighted by molar-refractivity contribution is 0.655. The van der Waals surface area contributed by atoms with Crippen molar-refractivity contribution < 1.29 is 0 Å². The zero-order valence-electron chi connectivity index (χ0n) is 4.33. The third kappa shape index (κ3) is 0.344. The summed E-state index contributed by atoms with van der Waals surface area (Å²) in [5.74, 6) is 1.03. The monoisotopic (exact) mass is 110 g/mol. The number of nitrogens with zero attached hydrogens (tertiary/aromatic N) is 3. The summed E-state index contributed by atoms with van der Waals surface area (Å²) < 4.78 is 1.85. The molecule has 1 N–H and O–H groups in total. The molecule has 0 aliphatic carbocycles. The number of anilines is 1. The van der Waals surface area contributed by atoms with Crippen molar-refractivity contribution in [2.75, 3.05) is 11.9 Å². The average molecular weight is 110 g/mol. The molecule has 0 aromatic carbocycles. The number of fused-ring (bicyclic) bond motifs is 1. The first-order valence-corrected chi connectivity index (χ1v) is 2.59. The van der Waals surface area contributed by atoms with E-state index in [0.717, 1.165) is 18.9 Å². The van der Waals surface area contributed by atoms with E-state index in [0.29, 0.717) is 0 Å². The van der Waals surface area contributed by atoms with Crippen LogP contribution in [0.1, 0.15) is 0 Å². The maximum absolute atomic E-state index is 3.80. The second-order valence-electron chi connectivity index (χ2n) is 1.77. The van der Waals surface area contributed by atoms with Crippen LogP contribution in [0.4, 0.5) is 5.82 Å². The lowest BCUT2D eigenvalue weighted by Crippen LogP contribution is -1.96. The number of hydrogen-bond acceptors (Lipinski definition) is 3. The molecule has 0 spiro atoms. The average Bonchev–Trinajstić information content (AvgIpc) is 2.15. The lowest BCUT2D eigenvalue weighted by atomic mass is 10.7. The molecule has 2 heterocycles. The van der Waals surface area contributed by atoms with Crippen molar-refractivity contribution >= 4 is 5.82 Å². The molecule has 2 rings (SSSR count). The predicted octanol–water partition coefficient (Wildman–Crippen LogP) is -0.296. The van der Waals surface area contributed by atoms with E-state index in [9.17, 15) is 0 Å². The van der Waals surface area contributed by atoms with Gasteiger partial charge in [-0.1, -0.05) is 5.21 Å². The Morgan fingerprint density at radius 1 is 1.75 bits per heavy atom. The Morgan fingerprint density at radius 3 is 3.62 bits per heavy atom. The molecule has 0 atom stereocenters. The van der Waals surface area contributed by atoms with Crippen molar-refractivity contribution in [1.29, 1.82) is 0 Å². The largest absolute Gasteiger partial charge is 0.367 e. The molecule has 0 radical (unpaired) electrons. The lowest BCUT2D eigenvalue weighted by Gasteiger charge is -1.84. The van der Waals surface area contributed by atoms with Crippen molar-refractivity contribution in [3.8, 4) is 0 Å². The smallest absolute Gasteiger partial charge is 0.144 e. The van der Waals surface area contributed by atoms with Gasteiger partial charge in [0.25, 0.3) is 0 Å². The maximum Gasteiger partial charge on any atom is 0.144 e. The van der Waals surface area contributed by atoms with Crippen LogP contribution in [0.15, 0.2) is 6.20 Å². The molecule has 1 aliphatic heterocycles. The van der Waals surface area contributed by atoms with Crippen LogP contribution >= 0.6 is 0 Å². The summed E-state index contributed by atoms with van der Waals surface area (Å²) in [5.41, 5.74) is 0. The minimum Gasteiger partial charge on any atom is -0.367 e. The third-order valence-corrected chi connectivity index (χ3v) is 1.25. The van der Waals surface area contributed by atoms with E-state index >= 15 is 0 Å². The van der Waals surface area contributed by atoms with E-state index in [1.165, 1.54) is 0 Å². The standard InChI is InChI=1S/C4H6N4/c1-2-8-4(5-1)3-6-7-8/h3,5H,1-2H2. The Balaban J connectivity index is 2.54. The van der Waals surface area contributed by atoms with Gasteiger partial charge >= 0.3 is 0 Å². The highest BCUT2D eigenvalue weighted by atomic mass is 15.5. The van der Waals surface area contributed by atoms with E-state index in [1.807, 2.05) is 4.68 Å². The number of rotatable bonds is 0. The van der Waals surface area contributed by atoms with Crippen molar-refractivity contribution in [1.82, 2.24) is 15.0 Å². The summed E-state index contributed by atoms with van der Waals surface area (Å²) in [5, 5.41) is 10.6. The fourth-order valence-electron chi connectivity index (χ4n) is 0.850. The summed E-state index contributed by atoms with van der Waals surface area (Å²) in [6, 6.07) is 0. The van der Waals surface area contributed by atoms with Crippen molar-refractivity contribution in [2.24, 2.45) is 0 Å². The molecule has 0 unspecified atom stereocenters. The molecule has 8 heavy (non-hydrogen) atoms. The zero-order chi connectivity index (χ0) is 5.40. The van der Waals surface area contributed by atoms with Gasteiger partial charge in [0.15, 0.2) is 0 Å². The van der Waals surface area contributed by atoms with Gasteiger partial charge in [-0.25, -0.2) is 4.68 Å². The highest BCUT2D eigenvalue weighted by molar-refractivity contribution is 5.33. The van der Waals surface area contributed by atoms with Gasteiger partial charge in [-0.05, 0) is 0 Å². The van der Waals surface area contributed by atoms with Crippen LogP contribution in [0.3, 0.4) is 0 Å². The molecule has 4 nitrogen and oxygen atoms in total. The highest BCUT2D eigenvalue weighted by Crippen LogP contribution is 2.07. The second kappa shape index (κ2) is 1.21. The zero-order valence-corrected chi connectivity index (χ0v) is 4.33. The van der Waals surface area contributed by atoms with E-state index in [1.54, 1.807) is 6.20 Å². The van der Waals surface area contributed by atoms with Crippen molar-refractivity contribution in [3.63, 3.8) is 0 Å². The molecule has 0 saturated heterocycles. The maximum atomic E-state index is 3.80. The van der Waals surface area contributed by atoms with Crippen molar-refractivity contribution in [3.05, 3.63) is 6.20 Å². The minimum absolute atomic E-state index is 0.954. The summed E-state index contributed by atoms with van der Waals surface area (Å²) in [6.07, 6.45) is 1.73. The van der Waals surface area contributed by atoms with Gasteiger partial charge in [0.1, 0.15) is 5.82 Å². The third-order valence-electron chi connectivity index (χ3n) is 1.25. The van der Waals surface area contributed by atoms with Crippen LogP contribution in [0.5, 0.6) is 0 Å². The molecule has 1 aromatic rings. The second-order valence-corrected chi connectivity index (χ2v) is 1.77. The highest BCUT2D eigenvalue weighted by Gasteiger charge is 2.07. The van der Waals surface area contributed by atoms with E-state index < -0.39 is 0 Å². The molecule has 1 aliphatic rings. The van der Waals surface area contributed by atoms with E-state index in [2.05, 4.69) is 15.6 Å². The fraction of sp³-hybridized carbons (Fsp3) is 0.500. The molecule has 0 fully saturated rings. The van der Waals surface area contributed by atoms with Gasteiger partial charge in [0.2, 0.25) is 0 Å². The molecule has 1 aromatic heterocycles. The molecule has 0 saturated carbocycles. The van der Waals surface area contributed by atoms with Gasteiger partial charge in [-0.15, -0.1) is 5.10 Å². The molecule has 4 heteroatoms. The topological polar surface area (TPSA) is 42.7 Å². The minimum atomic E-state index is 0.954. The van der Waals surface area contributed by atoms with Crippen LogP contribution in [0, 0.1) is 0 Å². The molecule has 42 valence electrons. The van der Waals surface area contributed by atoms with Crippen LogP contribution in [0.2, 0.25) is 0 Å². The van der Waals surface area contributed by atoms with Gasteiger partial charge < -0.3 is 5.32 Å². The quantitative estimate of drug-likeness (QED) is 0.498. The van der Waals surface area contributed by atoms with Gasteiger partial charge in [-0.2, -0.15) is 0 Å². The van der Waals surface area contributed by atoms with Crippen LogP contribution < -0.4 is 5.32 Å². The Labute approximate surface area is 46.5 Å². The van der Waals surface area contributed by atoms with Crippen LogP contribution in [-0.2, 0) is 6.54 Å². The first-order valence-electron chi connectivity index (χ1n) is 2.59. The SMILES string of the molecule is c1nnn2c1NCC2. The Bertz CT molecular complexity index is 173. The molecule has 0 bridgehead atoms. The van der Waals surface area contributed by atoms with Crippen molar-refractivity contribution in [2.45, 2.75) is 6.54 Å². The predicted molar refractivity (Wildman–Crippen MR) is 28.5 cm³/mol. The van der Waals surface area contributed by atoms with Gasteiger partial charge in [-0.3, -0.25) is 0 Å². The number of nitrogens with one attached hydrogen (secondary N) is 1. The first kappa shape index (κ1) is 3.88. The Kier molecular flexibility index (Phi) is 0.588. The number of hydrogen-bond donors (Lipinski definition) is 1. The first-order chi connectivity index (χ1) is 3.97. The van der Waals surface area contributed by atoms with Gasteiger partial charge in [0, 0.05) is 6.54 Å². The van der Waals surface area contributed by atoms with E-state index in [-0.39, 0.29) is 0 Å². The Morgan fingerprint density at radius 2 is 2.75 bits per heavy atom. The summed E-state index contributed by atoms with van der Waals surface area (Å²) in [6.45, 7) is 1.94.